The van der Waals surface area contributed by atoms with Gasteiger partial charge in [0.15, 0.2) is 0 Å². The van der Waals surface area contributed by atoms with Crippen LogP contribution in [0.4, 0.5) is 0 Å². The highest BCUT2D eigenvalue weighted by atomic mass is 35.5. The monoisotopic (exact) mass is 262 g/mol. The van der Waals surface area contributed by atoms with E-state index in [9.17, 15) is 4.79 Å². The Morgan fingerprint density at radius 3 is 2.81 bits per heavy atom. The molecule has 0 saturated carbocycles. The minimum atomic E-state index is -0.0436. The molecule has 1 atom stereocenters. The zero-order chi connectivity index (χ0) is 11.1. The molecule has 0 aromatic carbocycles. The predicted octanol–water partition coefficient (Wildman–Crippen LogP) is 2.00. The van der Waals surface area contributed by atoms with Gasteiger partial charge in [-0.15, -0.1) is 12.4 Å². The molecule has 0 radical (unpaired) electrons. The number of carbonyl (C=O) groups excluding carboxylic acids is 1. The topological polar surface area (TPSA) is 41.1 Å². The van der Waals surface area contributed by atoms with Crippen molar-refractivity contribution in [1.82, 2.24) is 10.6 Å². The fraction of sp³-hybridized carbons (Fsp3) is 0.545. The molecule has 0 aliphatic heterocycles. The van der Waals surface area contributed by atoms with Gasteiger partial charge in [-0.05, 0) is 35.9 Å². The van der Waals surface area contributed by atoms with Crippen molar-refractivity contribution in [3.8, 4) is 0 Å². The lowest BCUT2D eigenvalue weighted by molar-refractivity contribution is -0.122. The van der Waals surface area contributed by atoms with Gasteiger partial charge in [-0.1, -0.05) is 6.92 Å². The van der Waals surface area contributed by atoms with Crippen molar-refractivity contribution < 1.29 is 4.79 Å². The van der Waals surface area contributed by atoms with Crippen molar-refractivity contribution in [3.63, 3.8) is 0 Å². The average molecular weight is 263 g/mol. The molecular weight excluding hydrogens is 244 g/mol. The molecule has 1 aromatic heterocycles. The fourth-order valence-electron chi connectivity index (χ4n) is 1.28. The first-order valence-corrected chi connectivity index (χ1v) is 6.20. The van der Waals surface area contributed by atoms with Crippen LogP contribution >= 0.6 is 23.7 Å². The van der Waals surface area contributed by atoms with Gasteiger partial charge in [-0.3, -0.25) is 4.79 Å². The minimum Gasteiger partial charge on any atom is -0.354 e. The maximum absolute atomic E-state index is 11.7. The second-order valence-electron chi connectivity index (χ2n) is 3.42. The molecule has 92 valence electrons. The summed E-state index contributed by atoms with van der Waals surface area (Å²) in [5.41, 5.74) is 1.10. The SMILES string of the molecule is CCNCCNC(=O)C(C)c1ccsc1.Cl. The number of hydrogen-bond acceptors (Lipinski definition) is 3. The molecule has 16 heavy (non-hydrogen) atoms. The van der Waals surface area contributed by atoms with Gasteiger partial charge in [0.05, 0.1) is 5.92 Å². The van der Waals surface area contributed by atoms with Gasteiger partial charge < -0.3 is 10.6 Å². The number of carbonyl (C=O) groups is 1. The molecule has 0 spiro atoms. The van der Waals surface area contributed by atoms with Crippen LogP contribution in [-0.4, -0.2) is 25.5 Å². The quantitative estimate of drug-likeness (QED) is 0.770. The summed E-state index contributed by atoms with van der Waals surface area (Å²) < 4.78 is 0. The summed E-state index contributed by atoms with van der Waals surface area (Å²) in [4.78, 5) is 11.7. The van der Waals surface area contributed by atoms with E-state index in [-0.39, 0.29) is 24.2 Å². The van der Waals surface area contributed by atoms with Crippen molar-refractivity contribution in [2.75, 3.05) is 19.6 Å². The van der Waals surface area contributed by atoms with Crippen LogP contribution in [0.15, 0.2) is 16.8 Å². The maximum Gasteiger partial charge on any atom is 0.227 e. The average Bonchev–Trinajstić information content (AvgIpc) is 2.76. The highest BCUT2D eigenvalue weighted by Crippen LogP contribution is 2.17. The molecule has 3 nitrogen and oxygen atoms in total. The summed E-state index contributed by atoms with van der Waals surface area (Å²) in [5.74, 6) is 0.0594. The van der Waals surface area contributed by atoms with Crippen molar-refractivity contribution in [2.24, 2.45) is 0 Å². The Labute approximate surface area is 107 Å². The third kappa shape index (κ3) is 4.96. The minimum absolute atomic E-state index is 0. The molecule has 0 aliphatic carbocycles. The van der Waals surface area contributed by atoms with E-state index >= 15 is 0 Å². The van der Waals surface area contributed by atoms with Gasteiger partial charge in [0, 0.05) is 13.1 Å². The molecule has 2 N–H and O–H groups in total. The molecule has 1 amide bonds. The number of amides is 1. The summed E-state index contributed by atoms with van der Waals surface area (Å²) >= 11 is 1.62. The normalized spacial score (nSPS) is 11.6. The third-order valence-corrected chi connectivity index (χ3v) is 2.99. The highest BCUT2D eigenvalue weighted by Gasteiger charge is 2.14. The van der Waals surface area contributed by atoms with Crippen LogP contribution in [0.25, 0.3) is 0 Å². The van der Waals surface area contributed by atoms with Crippen LogP contribution in [0.5, 0.6) is 0 Å². The fourth-order valence-corrected chi connectivity index (χ4v) is 2.03. The standard InChI is InChI=1S/C11H18N2OS.ClH/c1-3-12-5-6-13-11(14)9(2)10-4-7-15-8-10;/h4,7-9,12H,3,5-6H2,1-2H3,(H,13,14);1H. The van der Waals surface area contributed by atoms with E-state index in [1.54, 1.807) is 11.3 Å². The van der Waals surface area contributed by atoms with E-state index in [4.69, 9.17) is 0 Å². The molecule has 1 heterocycles. The lowest BCUT2D eigenvalue weighted by Gasteiger charge is -2.10. The van der Waals surface area contributed by atoms with Crippen molar-refractivity contribution in [2.45, 2.75) is 19.8 Å². The molecule has 1 aromatic rings. The first-order valence-electron chi connectivity index (χ1n) is 5.26. The Bertz CT molecular complexity index is 290. The number of halogens is 1. The van der Waals surface area contributed by atoms with E-state index in [1.165, 1.54) is 0 Å². The zero-order valence-corrected chi connectivity index (χ0v) is 11.3. The van der Waals surface area contributed by atoms with E-state index in [0.717, 1.165) is 18.7 Å². The van der Waals surface area contributed by atoms with Crippen LogP contribution in [0.1, 0.15) is 25.3 Å². The van der Waals surface area contributed by atoms with Crippen LogP contribution in [0.2, 0.25) is 0 Å². The number of thiophene rings is 1. The number of likely N-dealkylation sites (N-methyl/N-ethyl adjacent to an activating group) is 1. The molecule has 0 bridgehead atoms. The zero-order valence-electron chi connectivity index (χ0n) is 9.66. The van der Waals surface area contributed by atoms with E-state index < -0.39 is 0 Å². The smallest absolute Gasteiger partial charge is 0.227 e. The Morgan fingerprint density at radius 1 is 1.50 bits per heavy atom. The molecule has 0 aliphatic rings. The second kappa shape index (κ2) is 8.56. The Kier molecular flexibility index (Phi) is 8.25. The van der Waals surface area contributed by atoms with Gasteiger partial charge in [0.2, 0.25) is 5.91 Å². The van der Waals surface area contributed by atoms with E-state index in [0.29, 0.717) is 6.54 Å². The van der Waals surface area contributed by atoms with Gasteiger partial charge in [-0.2, -0.15) is 11.3 Å². The molecule has 5 heteroatoms. The summed E-state index contributed by atoms with van der Waals surface area (Å²) in [5, 5.41) is 10.1. The van der Waals surface area contributed by atoms with Gasteiger partial charge in [-0.25, -0.2) is 0 Å². The lowest BCUT2D eigenvalue weighted by Crippen LogP contribution is -2.34. The van der Waals surface area contributed by atoms with Gasteiger partial charge in [0.1, 0.15) is 0 Å². The van der Waals surface area contributed by atoms with Crippen LogP contribution in [0, 0.1) is 0 Å². The number of rotatable bonds is 6. The summed E-state index contributed by atoms with van der Waals surface area (Å²) in [6, 6.07) is 2.00. The van der Waals surface area contributed by atoms with Crippen molar-refractivity contribution in [3.05, 3.63) is 22.4 Å². The van der Waals surface area contributed by atoms with E-state index in [1.807, 2.05) is 23.8 Å². The van der Waals surface area contributed by atoms with E-state index in [2.05, 4.69) is 17.6 Å². The first-order chi connectivity index (χ1) is 7.25. The molecule has 1 unspecified atom stereocenters. The number of hydrogen-bond donors (Lipinski definition) is 2. The first kappa shape index (κ1) is 15.4. The van der Waals surface area contributed by atoms with Gasteiger partial charge in [0.25, 0.3) is 0 Å². The summed E-state index contributed by atoms with van der Waals surface area (Å²) in [6.07, 6.45) is 0. The Hall–Kier alpha value is -0.580. The van der Waals surface area contributed by atoms with Gasteiger partial charge >= 0.3 is 0 Å². The van der Waals surface area contributed by atoms with Crippen molar-refractivity contribution >= 4 is 29.7 Å². The second-order valence-corrected chi connectivity index (χ2v) is 4.20. The largest absolute Gasteiger partial charge is 0.354 e. The summed E-state index contributed by atoms with van der Waals surface area (Å²) in [7, 11) is 0. The third-order valence-electron chi connectivity index (χ3n) is 2.29. The lowest BCUT2D eigenvalue weighted by atomic mass is 10.0. The van der Waals surface area contributed by atoms with Crippen molar-refractivity contribution in [1.29, 1.82) is 0 Å². The Balaban J connectivity index is 0.00000225. The molecular formula is C11H19ClN2OS. The Morgan fingerprint density at radius 2 is 2.25 bits per heavy atom. The van der Waals surface area contributed by atoms with Crippen LogP contribution in [-0.2, 0) is 4.79 Å². The highest BCUT2D eigenvalue weighted by molar-refractivity contribution is 7.08. The maximum atomic E-state index is 11.7. The molecule has 0 saturated heterocycles. The number of nitrogens with one attached hydrogen (secondary N) is 2. The summed E-state index contributed by atoms with van der Waals surface area (Å²) in [6.45, 7) is 6.45. The van der Waals surface area contributed by atoms with Crippen LogP contribution in [0.3, 0.4) is 0 Å². The van der Waals surface area contributed by atoms with Crippen LogP contribution < -0.4 is 10.6 Å². The molecule has 0 fully saturated rings. The molecule has 1 rings (SSSR count). The predicted molar refractivity (Wildman–Crippen MR) is 71.5 cm³/mol.